The first kappa shape index (κ1) is 13.4. The highest BCUT2D eigenvalue weighted by atomic mass is 35.5. The molecular weight excluding hydrogens is 269 g/mol. The van der Waals surface area contributed by atoms with Crippen LogP contribution in [0.25, 0.3) is 10.9 Å². The van der Waals surface area contributed by atoms with Crippen LogP contribution in [0.1, 0.15) is 12.8 Å². The van der Waals surface area contributed by atoms with E-state index in [-0.39, 0.29) is 5.28 Å². The van der Waals surface area contributed by atoms with Crippen molar-refractivity contribution in [3.8, 4) is 0 Å². The molecule has 0 spiro atoms. The maximum Gasteiger partial charge on any atom is 0.224 e. The van der Waals surface area contributed by atoms with E-state index in [0.717, 1.165) is 36.1 Å². The number of benzene rings is 1. The van der Waals surface area contributed by atoms with Crippen LogP contribution in [0, 0.1) is 0 Å². The van der Waals surface area contributed by atoms with E-state index < -0.39 is 0 Å². The van der Waals surface area contributed by atoms with Crippen molar-refractivity contribution >= 4 is 39.9 Å². The third-order valence-electron chi connectivity index (χ3n) is 2.79. The fourth-order valence-electron chi connectivity index (χ4n) is 1.87. The summed E-state index contributed by atoms with van der Waals surface area (Å²) in [4.78, 5) is 10.6. The number of unbranched alkanes of at least 4 members (excludes halogenated alkanes) is 1. The lowest BCUT2D eigenvalue weighted by Crippen LogP contribution is -2.20. The summed E-state index contributed by atoms with van der Waals surface area (Å²) in [5.41, 5.74) is 0.872. The van der Waals surface area contributed by atoms with Crippen molar-refractivity contribution in [3.05, 3.63) is 29.5 Å². The summed E-state index contributed by atoms with van der Waals surface area (Å²) < 4.78 is 0. The number of halogens is 2. The summed E-state index contributed by atoms with van der Waals surface area (Å²) in [5.74, 6) is 1.57. The molecule has 0 aliphatic rings. The summed E-state index contributed by atoms with van der Waals surface area (Å²) in [6.45, 7) is 0.907. The molecule has 1 aromatic carbocycles. The Bertz CT molecular complexity index is 531. The van der Waals surface area contributed by atoms with Crippen LogP contribution in [0.2, 0.25) is 5.28 Å². The Hall–Kier alpha value is -1.06. The van der Waals surface area contributed by atoms with Crippen molar-refractivity contribution in [1.29, 1.82) is 0 Å². The summed E-state index contributed by atoms with van der Waals surface area (Å²) in [6.07, 6.45) is 2.04. The molecule has 0 unspecified atom stereocenters. The fraction of sp³-hybridized carbons (Fsp3) is 0.385. The van der Waals surface area contributed by atoms with Gasteiger partial charge in [0, 0.05) is 24.9 Å². The number of hydrogen-bond donors (Lipinski definition) is 0. The molecule has 0 bridgehead atoms. The molecule has 3 nitrogen and oxygen atoms in total. The molecule has 0 fully saturated rings. The molecule has 0 atom stereocenters. The molecule has 0 aliphatic heterocycles. The first-order chi connectivity index (χ1) is 8.72. The van der Waals surface area contributed by atoms with Gasteiger partial charge in [0.05, 0.1) is 5.52 Å². The van der Waals surface area contributed by atoms with E-state index in [9.17, 15) is 0 Å². The average Bonchev–Trinajstić information content (AvgIpc) is 2.38. The predicted octanol–water partition coefficient (Wildman–Crippen LogP) is 3.74. The third kappa shape index (κ3) is 3.03. The van der Waals surface area contributed by atoms with Gasteiger partial charge < -0.3 is 4.90 Å². The second kappa shape index (κ2) is 6.21. The number of alkyl halides is 1. The zero-order valence-electron chi connectivity index (χ0n) is 10.2. The quantitative estimate of drug-likeness (QED) is 0.476. The Morgan fingerprint density at radius 1 is 1.17 bits per heavy atom. The highest BCUT2D eigenvalue weighted by Gasteiger charge is 2.10. The molecule has 1 aromatic heterocycles. The van der Waals surface area contributed by atoms with Crippen molar-refractivity contribution < 1.29 is 0 Å². The van der Waals surface area contributed by atoms with E-state index >= 15 is 0 Å². The van der Waals surface area contributed by atoms with E-state index in [4.69, 9.17) is 23.2 Å². The van der Waals surface area contributed by atoms with Gasteiger partial charge in [-0.15, -0.1) is 11.6 Å². The van der Waals surface area contributed by atoms with Crippen LogP contribution < -0.4 is 4.90 Å². The van der Waals surface area contributed by atoms with Crippen LogP contribution in [0.3, 0.4) is 0 Å². The second-order valence-corrected chi connectivity index (χ2v) is 4.87. The normalized spacial score (nSPS) is 10.8. The molecule has 0 N–H and O–H groups in total. The van der Waals surface area contributed by atoms with Gasteiger partial charge in [0.25, 0.3) is 0 Å². The van der Waals surface area contributed by atoms with Gasteiger partial charge in [-0.05, 0) is 36.6 Å². The van der Waals surface area contributed by atoms with Gasteiger partial charge in [0.15, 0.2) is 0 Å². The Kier molecular flexibility index (Phi) is 4.61. The number of para-hydroxylation sites is 1. The monoisotopic (exact) mass is 283 g/mol. The molecule has 1 heterocycles. The lowest BCUT2D eigenvalue weighted by molar-refractivity contribution is 0.764. The summed E-state index contributed by atoms with van der Waals surface area (Å²) in [7, 11) is 2.01. The molecule has 2 aromatic rings. The minimum absolute atomic E-state index is 0.285. The number of nitrogens with zero attached hydrogens (tertiary/aromatic N) is 3. The molecule has 0 radical (unpaired) electrons. The van der Waals surface area contributed by atoms with Gasteiger partial charge >= 0.3 is 0 Å². The lowest BCUT2D eigenvalue weighted by Gasteiger charge is -2.19. The molecule has 18 heavy (non-hydrogen) atoms. The van der Waals surface area contributed by atoms with Crippen molar-refractivity contribution in [2.24, 2.45) is 0 Å². The van der Waals surface area contributed by atoms with Crippen molar-refractivity contribution in [2.75, 3.05) is 24.4 Å². The Morgan fingerprint density at radius 3 is 2.72 bits per heavy atom. The van der Waals surface area contributed by atoms with Gasteiger partial charge in [-0.1, -0.05) is 12.1 Å². The van der Waals surface area contributed by atoms with Gasteiger partial charge in [-0.3, -0.25) is 0 Å². The standard InChI is InChI=1S/C13H15Cl2N3/c1-18(9-5-4-8-14)12-10-6-2-3-7-11(10)16-13(15)17-12/h2-3,6-7H,4-5,8-9H2,1H3. The zero-order chi connectivity index (χ0) is 13.0. The minimum atomic E-state index is 0.285. The minimum Gasteiger partial charge on any atom is -0.359 e. The molecule has 96 valence electrons. The highest BCUT2D eigenvalue weighted by Crippen LogP contribution is 2.24. The van der Waals surface area contributed by atoms with E-state index in [1.807, 2.05) is 31.3 Å². The van der Waals surface area contributed by atoms with E-state index in [1.165, 1.54) is 0 Å². The number of hydrogen-bond acceptors (Lipinski definition) is 3. The average molecular weight is 284 g/mol. The molecule has 2 rings (SSSR count). The van der Waals surface area contributed by atoms with Gasteiger partial charge in [0.1, 0.15) is 5.82 Å². The maximum absolute atomic E-state index is 5.96. The summed E-state index contributed by atoms with van der Waals surface area (Å²) in [5, 5.41) is 1.31. The molecule has 0 amide bonds. The largest absolute Gasteiger partial charge is 0.359 e. The Labute approximate surface area is 117 Å². The van der Waals surface area contributed by atoms with Crippen LogP contribution in [0.15, 0.2) is 24.3 Å². The number of anilines is 1. The van der Waals surface area contributed by atoms with Crippen LogP contribution in [0.4, 0.5) is 5.82 Å². The summed E-state index contributed by atoms with van der Waals surface area (Å²) in [6, 6.07) is 7.89. The Morgan fingerprint density at radius 2 is 1.94 bits per heavy atom. The van der Waals surface area contributed by atoms with Crippen LogP contribution in [0.5, 0.6) is 0 Å². The van der Waals surface area contributed by atoms with E-state index in [2.05, 4.69) is 14.9 Å². The molecule has 0 aliphatic carbocycles. The highest BCUT2D eigenvalue weighted by molar-refractivity contribution is 6.28. The predicted molar refractivity (Wildman–Crippen MR) is 77.8 cm³/mol. The lowest BCUT2D eigenvalue weighted by atomic mass is 10.2. The third-order valence-corrected chi connectivity index (χ3v) is 3.23. The van der Waals surface area contributed by atoms with Crippen LogP contribution in [-0.2, 0) is 0 Å². The molecule has 0 saturated heterocycles. The van der Waals surface area contributed by atoms with Crippen LogP contribution in [-0.4, -0.2) is 29.4 Å². The number of fused-ring (bicyclic) bond motifs is 1. The van der Waals surface area contributed by atoms with Crippen LogP contribution >= 0.6 is 23.2 Å². The molecular formula is C13H15Cl2N3. The van der Waals surface area contributed by atoms with Gasteiger partial charge in [0.2, 0.25) is 5.28 Å². The first-order valence-electron chi connectivity index (χ1n) is 5.92. The molecule has 0 saturated carbocycles. The van der Waals surface area contributed by atoms with Crippen molar-refractivity contribution in [3.63, 3.8) is 0 Å². The first-order valence-corrected chi connectivity index (χ1v) is 6.83. The Balaban J connectivity index is 2.31. The maximum atomic E-state index is 5.96. The zero-order valence-corrected chi connectivity index (χ0v) is 11.7. The topological polar surface area (TPSA) is 29.0 Å². The van der Waals surface area contributed by atoms with E-state index in [1.54, 1.807) is 0 Å². The molecule has 5 heteroatoms. The number of aromatic nitrogens is 2. The van der Waals surface area contributed by atoms with Crippen molar-refractivity contribution in [1.82, 2.24) is 9.97 Å². The van der Waals surface area contributed by atoms with Crippen molar-refractivity contribution in [2.45, 2.75) is 12.8 Å². The second-order valence-electron chi connectivity index (χ2n) is 4.15. The van der Waals surface area contributed by atoms with Gasteiger partial charge in [-0.2, -0.15) is 4.98 Å². The number of rotatable bonds is 5. The fourth-order valence-corrected chi connectivity index (χ4v) is 2.23. The summed E-state index contributed by atoms with van der Waals surface area (Å²) >= 11 is 11.6. The van der Waals surface area contributed by atoms with Gasteiger partial charge in [-0.25, -0.2) is 4.98 Å². The smallest absolute Gasteiger partial charge is 0.224 e. The van der Waals surface area contributed by atoms with E-state index in [0.29, 0.717) is 5.88 Å². The SMILES string of the molecule is CN(CCCCCl)c1nc(Cl)nc2ccccc12.